The van der Waals surface area contributed by atoms with Crippen molar-refractivity contribution in [3.05, 3.63) is 35.8 Å². The van der Waals surface area contributed by atoms with E-state index < -0.39 is 0 Å². The molecule has 0 saturated heterocycles. The van der Waals surface area contributed by atoms with E-state index in [1.165, 1.54) is 12.1 Å². The summed E-state index contributed by atoms with van der Waals surface area (Å²) in [5.41, 5.74) is 1.29. The quantitative estimate of drug-likeness (QED) is 0.829. The first-order valence-electron chi connectivity index (χ1n) is 6.16. The summed E-state index contributed by atoms with van der Waals surface area (Å²) in [5, 5.41) is 3.74. The predicted octanol–water partition coefficient (Wildman–Crippen LogP) is 2.85. The molecule has 1 aromatic carbocycles. The van der Waals surface area contributed by atoms with Gasteiger partial charge in [0, 0.05) is 19.0 Å². The van der Waals surface area contributed by atoms with Gasteiger partial charge in [-0.05, 0) is 30.7 Å². The molecule has 1 N–H and O–H groups in total. The maximum atomic E-state index is 13.2. The zero-order valence-corrected chi connectivity index (χ0v) is 10.7. The number of aryl methyl sites for hydroxylation is 1. The van der Waals surface area contributed by atoms with Gasteiger partial charge in [0.05, 0.1) is 5.52 Å². The molecule has 0 spiro atoms. The van der Waals surface area contributed by atoms with Crippen LogP contribution < -0.4 is 5.32 Å². The second-order valence-corrected chi connectivity index (χ2v) is 4.40. The monoisotopic (exact) mass is 248 g/mol. The summed E-state index contributed by atoms with van der Waals surface area (Å²) < 4.78 is 14.9. The van der Waals surface area contributed by atoms with Crippen LogP contribution in [0.3, 0.4) is 0 Å². The Kier molecular flexibility index (Phi) is 3.65. The summed E-state index contributed by atoms with van der Waals surface area (Å²) in [6, 6.07) is 6.32. The second kappa shape index (κ2) is 5.21. The van der Waals surface area contributed by atoms with Gasteiger partial charge in [-0.1, -0.05) is 13.3 Å². The lowest BCUT2D eigenvalue weighted by Crippen LogP contribution is -2.26. The molecule has 2 aromatic rings. The third-order valence-electron chi connectivity index (χ3n) is 3.06. The van der Waals surface area contributed by atoms with Crippen molar-refractivity contribution in [1.29, 1.82) is 0 Å². The molecule has 4 heteroatoms. The fraction of sp³-hybridized carbons (Fsp3) is 0.357. The van der Waals surface area contributed by atoms with Crippen LogP contribution in [0.15, 0.2) is 24.3 Å². The molecule has 1 aromatic heterocycles. The highest BCUT2D eigenvalue weighted by Crippen LogP contribution is 2.19. The summed E-state index contributed by atoms with van der Waals surface area (Å²) in [4.78, 5) is 12.0. The maximum Gasteiger partial charge on any atom is 0.267 e. The average molecular weight is 248 g/mol. The van der Waals surface area contributed by atoms with E-state index in [2.05, 4.69) is 12.2 Å². The van der Waals surface area contributed by atoms with Gasteiger partial charge in [0.15, 0.2) is 0 Å². The first-order chi connectivity index (χ1) is 8.63. The molecule has 0 bridgehead atoms. The molecule has 0 aliphatic rings. The van der Waals surface area contributed by atoms with Crippen molar-refractivity contribution in [3.63, 3.8) is 0 Å². The highest BCUT2D eigenvalue weighted by atomic mass is 19.1. The molecule has 18 heavy (non-hydrogen) atoms. The van der Waals surface area contributed by atoms with Crippen molar-refractivity contribution >= 4 is 16.8 Å². The number of halogens is 1. The summed E-state index contributed by atoms with van der Waals surface area (Å²) in [5.74, 6) is -0.399. The molecular weight excluding hydrogens is 231 g/mol. The van der Waals surface area contributed by atoms with Gasteiger partial charge < -0.3 is 9.88 Å². The Bertz CT molecular complexity index is 574. The molecule has 0 atom stereocenters. The number of unbranched alkanes of at least 4 members (excludes halogenated alkanes) is 1. The highest BCUT2D eigenvalue weighted by molar-refractivity contribution is 5.98. The Labute approximate surface area is 106 Å². The van der Waals surface area contributed by atoms with Gasteiger partial charge in [-0.2, -0.15) is 0 Å². The molecule has 1 heterocycles. The second-order valence-electron chi connectivity index (χ2n) is 4.40. The van der Waals surface area contributed by atoms with Crippen molar-refractivity contribution < 1.29 is 9.18 Å². The number of hydrogen-bond donors (Lipinski definition) is 1. The van der Waals surface area contributed by atoms with Gasteiger partial charge in [0.2, 0.25) is 0 Å². The number of nitrogens with one attached hydrogen (secondary N) is 1. The molecule has 0 saturated carbocycles. The lowest BCUT2D eigenvalue weighted by atomic mass is 10.2. The summed E-state index contributed by atoms with van der Waals surface area (Å²) in [7, 11) is 1.77. The zero-order valence-electron chi connectivity index (χ0n) is 10.7. The summed E-state index contributed by atoms with van der Waals surface area (Å²) in [6.45, 7) is 2.75. The Morgan fingerprint density at radius 3 is 2.89 bits per heavy atom. The van der Waals surface area contributed by atoms with Gasteiger partial charge >= 0.3 is 0 Å². The van der Waals surface area contributed by atoms with E-state index in [0.717, 1.165) is 23.7 Å². The number of benzene rings is 1. The highest BCUT2D eigenvalue weighted by Gasteiger charge is 2.12. The van der Waals surface area contributed by atoms with Gasteiger partial charge in [0.1, 0.15) is 11.5 Å². The van der Waals surface area contributed by atoms with Gasteiger partial charge in [-0.15, -0.1) is 0 Å². The first-order valence-corrected chi connectivity index (χ1v) is 6.16. The number of amides is 1. The van der Waals surface area contributed by atoms with Crippen molar-refractivity contribution in [2.75, 3.05) is 6.54 Å². The van der Waals surface area contributed by atoms with E-state index in [4.69, 9.17) is 0 Å². The Morgan fingerprint density at radius 2 is 2.17 bits per heavy atom. The predicted molar refractivity (Wildman–Crippen MR) is 70.1 cm³/mol. The van der Waals surface area contributed by atoms with E-state index >= 15 is 0 Å². The molecule has 0 unspecified atom stereocenters. The smallest absolute Gasteiger partial charge is 0.267 e. The van der Waals surface area contributed by atoms with E-state index in [-0.39, 0.29) is 11.7 Å². The number of carbonyl (C=O) groups is 1. The molecule has 3 nitrogen and oxygen atoms in total. The Morgan fingerprint density at radius 1 is 1.39 bits per heavy atom. The van der Waals surface area contributed by atoms with Crippen molar-refractivity contribution in [2.24, 2.45) is 7.05 Å². The van der Waals surface area contributed by atoms with Crippen LogP contribution in [-0.4, -0.2) is 17.0 Å². The Balaban J connectivity index is 2.28. The number of nitrogens with zero attached hydrogens (tertiary/aromatic N) is 1. The topological polar surface area (TPSA) is 34.0 Å². The van der Waals surface area contributed by atoms with Crippen molar-refractivity contribution in [1.82, 2.24) is 9.88 Å². The third-order valence-corrected chi connectivity index (χ3v) is 3.06. The number of hydrogen-bond acceptors (Lipinski definition) is 1. The van der Waals surface area contributed by atoms with Gasteiger partial charge in [-0.25, -0.2) is 4.39 Å². The minimum Gasteiger partial charge on any atom is -0.351 e. The largest absolute Gasteiger partial charge is 0.351 e. The van der Waals surface area contributed by atoms with Crippen LogP contribution in [0.5, 0.6) is 0 Å². The average Bonchev–Trinajstić information content (AvgIpc) is 2.67. The number of rotatable bonds is 4. The molecule has 0 aliphatic heterocycles. The normalized spacial score (nSPS) is 10.8. The SMILES string of the molecule is CCCCNC(=O)c1cc2ccc(F)cc2n1C. The molecule has 2 rings (SSSR count). The van der Waals surface area contributed by atoms with Crippen LogP contribution >= 0.6 is 0 Å². The van der Waals surface area contributed by atoms with Crippen LogP contribution in [0.2, 0.25) is 0 Å². The minimum absolute atomic E-state index is 0.109. The summed E-state index contributed by atoms with van der Waals surface area (Å²) in [6.07, 6.45) is 2.00. The maximum absolute atomic E-state index is 13.2. The van der Waals surface area contributed by atoms with E-state index in [1.54, 1.807) is 23.7 Å². The minimum atomic E-state index is -0.290. The third kappa shape index (κ3) is 2.37. The van der Waals surface area contributed by atoms with Crippen LogP contribution in [0.4, 0.5) is 4.39 Å². The van der Waals surface area contributed by atoms with E-state index in [1.807, 2.05) is 0 Å². The molecule has 0 radical (unpaired) electrons. The van der Waals surface area contributed by atoms with Crippen molar-refractivity contribution in [2.45, 2.75) is 19.8 Å². The molecule has 0 aliphatic carbocycles. The lowest BCUT2D eigenvalue weighted by molar-refractivity contribution is 0.0945. The number of carbonyl (C=O) groups excluding carboxylic acids is 1. The lowest BCUT2D eigenvalue weighted by Gasteiger charge is -2.05. The Hall–Kier alpha value is -1.84. The first kappa shape index (κ1) is 12.6. The number of aromatic nitrogens is 1. The van der Waals surface area contributed by atoms with Crippen LogP contribution in [0.1, 0.15) is 30.3 Å². The van der Waals surface area contributed by atoms with Crippen molar-refractivity contribution in [3.8, 4) is 0 Å². The molecule has 1 amide bonds. The summed E-state index contributed by atoms with van der Waals surface area (Å²) >= 11 is 0. The fourth-order valence-electron chi connectivity index (χ4n) is 1.99. The molecule has 0 fully saturated rings. The molecule has 96 valence electrons. The van der Waals surface area contributed by atoms with E-state index in [9.17, 15) is 9.18 Å². The van der Waals surface area contributed by atoms with Crippen LogP contribution in [0.25, 0.3) is 10.9 Å². The zero-order chi connectivity index (χ0) is 13.1. The number of fused-ring (bicyclic) bond motifs is 1. The standard InChI is InChI=1S/C14H17FN2O/c1-3-4-7-16-14(18)13-8-10-5-6-11(15)9-12(10)17(13)2/h5-6,8-9H,3-4,7H2,1-2H3,(H,16,18). The van der Waals surface area contributed by atoms with Crippen LogP contribution in [-0.2, 0) is 7.05 Å². The van der Waals surface area contributed by atoms with Gasteiger partial charge in [-0.3, -0.25) is 4.79 Å². The molecular formula is C14H17FN2O. The van der Waals surface area contributed by atoms with E-state index in [0.29, 0.717) is 12.2 Å². The van der Waals surface area contributed by atoms with Crippen LogP contribution in [0, 0.1) is 5.82 Å². The fourth-order valence-corrected chi connectivity index (χ4v) is 1.99. The van der Waals surface area contributed by atoms with Gasteiger partial charge in [0.25, 0.3) is 5.91 Å².